The van der Waals surface area contributed by atoms with Gasteiger partial charge in [0.1, 0.15) is 11.9 Å². The summed E-state index contributed by atoms with van der Waals surface area (Å²) in [6.45, 7) is 4.25. The average Bonchev–Trinajstić information content (AvgIpc) is 3.43. The number of allylic oxidation sites excluding steroid dienone is 3. The van der Waals surface area contributed by atoms with Gasteiger partial charge in [-0.05, 0) is 79.3 Å². The predicted molar refractivity (Wildman–Crippen MR) is 166 cm³/mol. The summed E-state index contributed by atoms with van der Waals surface area (Å²) >= 11 is 0. The summed E-state index contributed by atoms with van der Waals surface area (Å²) in [5, 5.41) is 0. The standard InChI is InChI=1S/C37H30N2O6/c1-3-38-34(41)26-12-7-22(17-28(26)36(38)43)15-21-5-10-25(11-6-21)33-20-31(40)30-19-24(9-14-32(30)45-33)16-23-8-13-27-29(18-23)37(44)39(4-2)35(27)42/h5-14,17-20,30,32H,3-4,15-16H2,1-2H3. The van der Waals surface area contributed by atoms with Crippen LogP contribution in [0.2, 0.25) is 0 Å². The minimum absolute atomic E-state index is 0.0426. The van der Waals surface area contributed by atoms with Crippen LogP contribution in [0.3, 0.4) is 0 Å². The predicted octanol–water partition coefficient (Wildman–Crippen LogP) is 5.17. The van der Waals surface area contributed by atoms with Crippen molar-refractivity contribution in [2.24, 2.45) is 5.92 Å². The Morgan fingerprint density at radius 3 is 1.76 bits per heavy atom. The quantitative estimate of drug-likeness (QED) is 0.348. The van der Waals surface area contributed by atoms with E-state index < -0.39 is 12.0 Å². The molecule has 0 bridgehead atoms. The number of carbonyl (C=O) groups is 5. The maximum atomic E-state index is 13.2. The second-order valence-corrected chi connectivity index (χ2v) is 11.6. The van der Waals surface area contributed by atoms with Gasteiger partial charge < -0.3 is 4.74 Å². The molecule has 3 aromatic carbocycles. The number of rotatable bonds is 7. The van der Waals surface area contributed by atoms with Crippen LogP contribution in [0.5, 0.6) is 0 Å². The van der Waals surface area contributed by atoms with Crippen molar-refractivity contribution in [3.8, 4) is 0 Å². The van der Waals surface area contributed by atoms with Gasteiger partial charge >= 0.3 is 0 Å². The summed E-state index contributed by atoms with van der Waals surface area (Å²) in [7, 11) is 0. The third-order valence-electron chi connectivity index (χ3n) is 8.87. The Kier molecular flexibility index (Phi) is 6.92. The van der Waals surface area contributed by atoms with Crippen molar-refractivity contribution in [1.29, 1.82) is 0 Å². The van der Waals surface area contributed by atoms with Crippen LogP contribution >= 0.6 is 0 Å². The molecule has 3 heterocycles. The SMILES string of the molecule is CCN1C(=O)c2ccc(CC3=CC4C(=O)C=C(c5ccc(Cc6ccc7c(c6)C(=O)N(CC)C7=O)cc5)OC4C=C3)cc2C1=O. The maximum absolute atomic E-state index is 13.2. The summed E-state index contributed by atoms with van der Waals surface area (Å²) in [6, 6.07) is 18.5. The normalized spacial score (nSPS) is 20.2. The Balaban J connectivity index is 1.03. The van der Waals surface area contributed by atoms with Crippen LogP contribution in [0.15, 0.2) is 90.5 Å². The molecule has 0 radical (unpaired) electrons. The van der Waals surface area contributed by atoms with Crippen LogP contribution in [0, 0.1) is 5.92 Å². The molecule has 8 heteroatoms. The highest BCUT2D eigenvalue weighted by atomic mass is 16.5. The first-order valence-corrected chi connectivity index (χ1v) is 15.1. The molecule has 0 saturated heterocycles. The van der Waals surface area contributed by atoms with Crippen LogP contribution in [-0.2, 0) is 22.4 Å². The van der Waals surface area contributed by atoms with Gasteiger partial charge in [-0.15, -0.1) is 0 Å². The third kappa shape index (κ3) is 4.83. The lowest BCUT2D eigenvalue weighted by Gasteiger charge is -2.30. The second kappa shape index (κ2) is 11.0. The van der Waals surface area contributed by atoms with Crippen LogP contribution in [0.25, 0.3) is 5.76 Å². The van der Waals surface area contributed by atoms with Gasteiger partial charge in [-0.25, -0.2) is 0 Å². The molecule has 1 aliphatic carbocycles. The molecule has 0 spiro atoms. The maximum Gasteiger partial charge on any atom is 0.261 e. The number of hydrogen-bond donors (Lipinski definition) is 0. The zero-order chi connectivity index (χ0) is 31.4. The van der Waals surface area contributed by atoms with Gasteiger partial charge in [0.25, 0.3) is 23.6 Å². The molecule has 224 valence electrons. The fourth-order valence-corrected chi connectivity index (χ4v) is 6.48. The van der Waals surface area contributed by atoms with E-state index in [9.17, 15) is 24.0 Å². The molecule has 3 aliphatic heterocycles. The summed E-state index contributed by atoms with van der Waals surface area (Å²) in [5.74, 6) is -1.00. The van der Waals surface area contributed by atoms with E-state index in [1.165, 1.54) is 9.80 Å². The van der Waals surface area contributed by atoms with Crippen molar-refractivity contribution < 1.29 is 28.7 Å². The van der Waals surface area contributed by atoms with Gasteiger partial charge in [0, 0.05) is 24.7 Å². The Morgan fingerprint density at radius 2 is 1.18 bits per heavy atom. The Bertz CT molecular complexity index is 1920. The molecule has 7 rings (SSSR count). The summed E-state index contributed by atoms with van der Waals surface area (Å²) in [5.41, 5.74) is 6.34. The molecule has 2 atom stereocenters. The number of amides is 4. The molecule has 0 aromatic heterocycles. The molecule has 0 fully saturated rings. The first-order chi connectivity index (χ1) is 21.7. The molecule has 4 aliphatic rings. The summed E-state index contributed by atoms with van der Waals surface area (Å²) in [4.78, 5) is 65.8. The van der Waals surface area contributed by atoms with Crippen molar-refractivity contribution in [3.05, 3.63) is 135 Å². The molecular weight excluding hydrogens is 568 g/mol. The molecule has 0 saturated carbocycles. The number of hydrogen-bond acceptors (Lipinski definition) is 6. The summed E-state index contributed by atoms with van der Waals surface area (Å²) in [6.07, 6.45) is 8.02. The third-order valence-corrected chi connectivity index (χ3v) is 8.87. The van der Waals surface area contributed by atoms with Gasteiger partial charge in [-0.3, -0.25) is 33.8 Å². The first kappa shape index (κ1) is 28.4. The summed E-state index contributed by atoms with van der Waals surface area (Å²) < 4.78 is 6.25. The topological polar surface area (TPSA) is 101 Å². The lowest BCUT2D eigenvalue weighted by atomic mass is 9.85. The molecule has 3 aromatic rings. The smallest absolute Gasteiger partial charge is 0.261 e. The molecule has 4 amide bonds. The van der Waals surface area contributed by atoms with Gasteiger partial charge in [0.15, 0.2) is 5.78 Å². The van der Waals surface area contributed by atoms with E-state index in [1.54, 1.807) is 44.2 Å². The van der Waals surface area contributed by atoms with Crippen LogP contribution in [-0.4, -0.2) is 58.4 Å². The van der Waals surface area contributed by atoms with E-state index in [-0.39, 0.29) is 29.4 Å². The molecular formula is C37H30N2O6. The van der Waals surface area contributed by atoms with E-state index in [4.69, 9.17) is 4.74 Å². The number of nitrogens with zero attached hydrogens (tertiary/aromatic N) is 2. The van der Waals surface area contributed by atoms with E-state index in [0.717, 1.165) is 27.8 Å². The molecule has 0 N–H and O–H groups in total. The average molecular weight is 599 g/mol. The van der Waals surface area contributed by atoms with Crippen LogP contribution in [0.4, 0.5) is 0 Å². The number of imide groups is 2. The highest BCUT2D eigenvalue weighted by molar-refractivity contribution is 6.22. The fraction of sp³-hybridized carbons (Fsp3) is 0.216. The van der Waals surface area contributed by atoms with E-state index >= 15 is 0 Å². The van der Waals surface area contributed by atoms with Crippen molar-refractivity contribution in [2.45, 2.75) is 32.8 Å². The van der Waals surface area contributed by atoms with Gasteiger partial charge in [-0.2, -0.15) is 0 Å². The lowest BCUT2D eigenvalue weighted by Crippen LogP contribution is -2.32. The Hall–Kier alpha value is -5.37. The lowest BCUT2D eigenvalue weighted by molar-refractivity contribution is -0.120. The molecule has 2 unspecified atom stereocenters. The molecule has 8 nitrogen and oxygen atoms in total. The van der Waals surface area contributed by atoms with Gasteiger partial charge in [0.2, 0.25) is 0 Å². The zero-order valence-electron chi connectivity index (χ0n) is 24.9. The molecule has 45 heavy (non-hydrogen) atoms. The largest absolute Gasteiger partial charge is 0.484 e. The van der Waals surface area contributed by atoms with Gasteiger partial charge in [-0.1, -0.05) is 48.6 Å². The van der Waals surface area contributed by atoms with Crippen molar-refractivity contribution in [1.82, 2.24) is 9.80 Å². The van der Waals surface area contributed by atoms with E-state index in [1.807, 2.05) is 54.6 Å². The number of ether oxygens (including phenoxy) is 1. The number of carbonyl (C=O) groups excluding carboxylic acids is 5. The van der Waals surface area contributed by atoms with Crippen LogP contribution < -0.4 is 0 Å². The van der Waals surface area contributed by atoms with Crippen molar-refractivity contribution >= 4 is 35.2 Å². The number of benzene rings is 3. The van der Waals surface area contributed by atoms with Crippen molar-refractivity contribution in [3.63, 3.8) is 0 Å². The highest BCUT2D eigenvalue weighted by Gasteiger charge is 2.36. The Morgan fingerprint density at radius 1 is 0.644 bits per heavy atom. The number of ketones is 1. The fourth-order valence-electron chi connectivity index (χ4n) is 6.48. The van der Waals surface area contributed by atoms with E-state index in [0.29, 0.717) is 53.9 Å². The number of fused-ring (bicyclic) bond motifs is 3. The second-order valence-electron chi connectivity index (χ2n) is 11.6. The van der Waals surface area contributed by atoms with Crippen molar-refractivity contribution in [2.75, 3.05) is 13.1 Å². The monoisotopic (exact) mass is 598 g/mol. The minimum Gasteiger partial charge on any atom is -0.484 e. The first-order valence-electron chi connectivity index (χ1n) is 15.1. The van der Waals surface area contributed by atoms with Crippen LogP contribution in [0.1, 0.15) is 77.5 Å². The van der Waals surface area contributed by atoms with Gasteiger partial charge in [0.05, 0.1) is 28.2 Å². The Labute approximate surface area is 260 Å². The minimum atomic E-state index is -0.445. The highest BCUT2D eigenvalue weighted by Crippen LogP contribution is 2.34. The zero-order valence-corrected chi connectivity index (χ0v) is 24.9. The van der Waals surface area contributed by atoms with E-state index in [2.05, 4.69) is 0 Å².